The van der Waals surface area contributed by atoms with Gasteiger partial charge >= 0.3 is 0 Å². The number of anilines is 1. The van der Waals surface area contributed by atoms with Gasteiger partial charge in [-0.3, -0.25) is 10.1 Å². The van der Waals surface area contributed by atoms with Crippen molar-refractivity contribution in [3.05, 3.63) is 29.0 Å². The van der Waals surface area contributed by atoms with Gasteiger partial charge in [-0.15, -0.1) is 10.2 Å². The van der Waals surface area contributed by atoms with Crippen LogP contribution >= 0.6 is 34.7 Å². The van der Waals surface area contributed by atoms with E-state index in [4.69, 9.17) is 16.3 Å². The summed E-state index contributed by atoms with van der Waals surface area (Å²) in [6.07, 6.45) is 0. The molecule has 112 valence electrons. The third kappa shape index (κ3) is 4.83. The molecule has 0 unspecified atom stereocenters. The van der Waals surface area contributed by atoms with Gasteiger partial charge in [0.25, 0.3) is 5.91 Å². The molecule has 0 saturated heterocycles. The second kappa shape index (κ2) is 7.58. The van der Waals surface area contributed by atoms with Gasteiger partial charge in [-0.2, -0.15) is 0 Å². The Hall–Kier alpha value is -1.38. The summed E-state index contributed by atoms with van der Waals surface area (Å²) in [6.45, 7) is 1.78. The van der Waals surface area contributed by atoms with Gasteiger partial charge < -0.3 is 4.74 Å². The van der Waals surface area contributed by atoms with E-state index in [1.165, 1.54) is 29.5 Å². The van der Waals surface area contributed by atoms with Crippen molar-refractivity contribution in [2.45, 2.75) is 11.3 Å². The first-order chi connectivity index (χ1) is 10.1. The zero-order chi connectivity index (χ0) is 15.2. The van der Waals surface area contributed by atoms with Gasteiger partial charge in [0.15, 0.2) is 10.9 Å². The molecule has 0 radical (unpaired) electrons. The Bertz CT molecular complexity index is 639. The highest BCUT2D eigenvalue weighted by Crippen LogP contribution is 2.25. The normalized spacial score (nSPS) is 10.4. The number of carbonyl (C=O) groups excluding carboxylic acids is 1. The topological polar surface area (TPSA) is 64.1 Å². The lowest BCUT2D eigenvalue weighted by molar-refractivity contribution is -0.118. The van der Waals surface area contributed by atoms with E-state index in [9.17, 15) is 9.18 Å². The molecular weight excluding hydrogens is 337 g/mol. The number of amides is 1. The highest BCUT2D eigenvalue weighted by molar-refractivity contribution is 8.01. The fraction of sp³-hybridized carbons (Fsp3) is 0.250. The number of rotatable bonds is 6. The molecule has 1 aromatic carbocycles. The number of halogens is 2. The van der Waals surface area contributed by atoms with Crippen molar-refractivity contribution >= 4 is 45.7 Å². The number of thioether (sulfide) groups is 1. The predicted octanol–water partition coefficient (Wildman–Crippen LogP) is 3.46. The van der Waals surface area contributed by atoms with E-state index < -0.39 is 5.82 Å². The van der Waals surface area contributed by atoms with Crippen LogP contribution in [0.2, 0.25) is 5.02 Å². The summed E-state index contributed by atoms with van der Waals surface area (Å²) < 4.78 is 19.0. The third-order valence-electron chi connectivity index (χ3n) is 2.18. The van der Waals surface area contributed by atoms with Crippen molar-refractivity contribution in [1.82, 2.24) is 10.2 Å². The molecule has 0 aliphatic rings. The highest BCUT2D eigenvalue weighted by atomic mass is 35.5. The molecule has 1 amide bonds. The predicted molar refractivity (Wildman–Crippen MR) is 81.8 cm³/mol. The van der Waals surface area contributed by atoms with Gasteiger partial charge in [-0.1, -0.05) is 41.6 Å². The molecule has 0 atom stereocenters. The molecule has 0 aliphatic heterocycles. The summed E-state index contributed by atoms with van der Waals surface area (Å²) in [5.41, 5.74) is 0. The minimum atomic E-state index is -0.539. The van der Waals surface area contributed by atoms with Gasteiger partial charge in [0, 0.05) is 6.07 Å². The summed E-state index contributed by atoms with van der Waals surface area (Å²) in [4.78, 5) is 11.7. The van der Waals surface area contributed by atoms with E-state index >= 15 is 0 Å². The first kappa shape index (κ1) is 16.0. The number of carbonyl (C=O) groups is 1. The van der Waals surface area contributed by atoms with Gasteiger partial charge in [0.2, 0.25) is 5.13 Å². The minimum Gasteiger partial charge on any atom is -0.484 e. The van der Waals surface area contributed by atoms with Crippen LogP contribution in [0.25, 0.3) is 0 Å². The molecule has 9 heteroatoms. The van der Waals surface area contributed by atoms with Crippen molar-refractivity contribution in [3.63, 3.8) is 0 Å². The van der Waals surface area contributed by atoms with Crippen LogP contribution in [0.4, 0.5) is 9.52 Å². The Morgan fingerprint density at radius 1 is 1.52 bits per heavy atom. The molecule has 5 nitrogen and oxygen atoms in total. The molecule has 0 saturated carbocycles. The van der Waals surface area contributed by atoms with Crippen LogP contribution < -0.4 is 10.1 Å². The number of benzene rings is 1. The molecule has 0 aliphatic carbocycles. The standard InChI is InChI=1S/C12H11ClFN3O2S2/c1-2-20-12-17-16-11(21-12)15-10(18)6-19-7-3-4-9(14)8(13)5-7/h3-5H,2,6H2,1H3,(H,15,16,18). The molecule has 1 heterocycles. The number of nitrogens with zero attached hydrogens (tertiary/aromatic N) is 2. The van der Waals surface area contributed by atoms with E-state index in [0.29, 0.717) is 10.9 Å². The van der Waals surface area contributed by atoms with Crippen molar-refractivity contribution in [2.24, 2.45) is 0 Å². The number of hydrogen-bond acceptors (Lipinski definition) is 6. The summed E-state index contributed by atoms with van der Waals surface area (Å²) in [7, 11) is 0. The molecule has 0 bridgehead atoms. The molecule has 0 fully saturated rings. The molecule has 1 aromatic heterocycles. The Labute approximate surface area is 133 Å². The Balaban J connectivity index is 1.85. The van der Waals surface area contributed by atoms with E-state index in [0.717, 1.165) is 10.1 Å². The van der Waals surface area contributed by atoms with Crippen LogP contribution in [0.3, 0.4) is 0 Å². The molecule has 0 spiro atoms. The van der Waals surface area contributed by atoms with Crippen LogP contribution in [0.1, 0.15) is 6.92 Å². The van der Waals surface area contributed by atoms with Crippen molar-refractivity contribution in [1.29, 1.82) is 0 Å². The van der Waals surface area contributed by atoms with Crippen molar-refractivity contribution in [3.8, 4) is 5.75 Å². The maximum atomic E-state index is 13.0. The summed E-state index contributed by atoms with van der Waals surface area (Å²) in [6, 6.07) is 3.88. The Morgan fingerprint density at radius 3 is 3.05 bits per heavy atom. The van der Waals surface area contributed by atoms with Crippen molar-refractivity contribution in [2.75, 3.05) is 17.7 Å². The van der Waals surface area contributed by atoms with E-state index in [1.807, 2.05) is 6.92 Å². The monoisotopic (exact) mass is 347 g/mol. The average molecular weight is 348 g/mol. The van der Waals surface area contributed by atoms with Gasteiger partial charge in [-0.05, 0) is 17.9 Å². The average Bonchev–Trinajstić information content (AvgIpc) is 2.88. The summed E-state index contributed by atoms with van der Waals surface area (Å²) >= 11 is 8.46. The molecular formula is C12H11ClFN3O2S2. The fourth-order valence-corrected chi connectivity index (χ4v) is 3.15. The van der Waals surface area contributed by atoms with E-state index in [2.05, 4.69) is 15.5 Å². The zero-order valence-electron chi connectivity index (χ0n) is 10.9. The number of nitrogens with one attached hydrogen (secondary N) is 1. The SMILES string of the molecule is CCSc1nnc(NC(=O)COc2ccc(F)c(Cl)c2)s1. The van der Waals surface area contributed by atoms with Crippen LogP contribution in [0.15, 0.2) is 22.5 Å². The lowest BCUT2D eigenvalue weighted by Gasteiger charge is -2.06. The van der Waals surface area contributed by atoms with Crippen molar-refractivity contribution < 1.29 is 13.9 Å². The largest absolute Gasteiger partial charge is 0.484 e. The van der Waals surface area contributed by atoms with Gasteiger partial charge in [0.1, 0.15) is 11.6 Å². The Kier molecular flexibility index (Phi) is 5.77. The number of ether oxygens (including phenoxy) is 1. The smallest absolute Gasteiger partial charge is 0.264 e. The van der Waals surface area contributed by atoms with Crippen LogP contribution in [0.5, 0.6) is 5.75 Å². The van der Waals surface area contributed by atoms with Gasteiger partial charge in [0.05, 0.1) is 5.02 Å². The minimum absolute atomic E-state index is 0.0572. The molecule has 2 rings (SSSR count). The van der Waals surface area contributed by atoms with Crippen LogP contribution in [-0.2, 0) is 4.79 Å². The summed E-state index contributed by atoms with van der Waals surface area (Å²) in [5, 5.41) is 10.7. The first-order valence-electron chi connectivity index (χ1n) is 5.92. The second-order valence-corrected chi connectivity index (χ2v) is 6.61. The highest BCUT2D eigenvalue weighted by Gasteiger charge is 2.09. The van der Waals surface area contributed by atoms with E-state index in [-0.39, 0.29) is 17.5 Å². The lowest BCUT2D eigenvalue weighted by atomic mass is 10.3. The fourth-order valence-electron chi connectivity index (χ4n) is 1.31. The van der Waals surface area contributed by atoms with Crippen LogP contribution in [0, 0.1) is 5.82 Å². The molecule has 2 aromatic rings. The third-order valence-corrected chi connectivity index (χ3v) is 4.33. The van der Waals surface area contributed by atoms with E-state index in [1.54, 1.807) is 11.8 Å². The lowest BCUT2D eigenvalue weighted by Crippen LogP contribution is -2.20. The molecule has 1 N–H and O–H groups in total. The Morgan fingerprint density at radius 2 is 2.33 bits per heavy atom. The maximum absolute atomic E-state index is 13.0. The number of hydrogen-bond donors (Lipinski definition) is 1. The summed E-state index contributed by atoms with van der Waals surface area (Å²) in [5.74, 6) is 0.288. The quantitative estimate of drug-likeness (QED) is 0.640. The first-order valence-corrected chi connectivity index (χ1v) is 8.10. The maximum Gasteiger partial charge on any atom is 0.264 e. The second-order valence-electron chi connectivity index (χ2n) is 3.72. The van der Waals surface area contributed by atoms with Gasteiger partial charge in [-0.25, -0.2) is 4.39 Å². The zero-order valence-corrected chi connectivity index (χ0v) is 13.3. The van der Waals surface area contributed by atoms with Crippen LogP contribution in [-0.4, -0.2) is 28.5 Å². The molecule has 21 heavy (non-hydrogen) atoms. The number of aromatic nitrogens is 2.